The molecule has 1 amide bonds. The highest BCUT2D eigenvalue weighted by Crippen LogP contribution is 2.33. The summed E-state index contributed by atoms with van der Waals surface area (Å²) in [6.45, 7) is 2.52. The fraction of sp³-hybridized carbons (Fsp3) is 0.565. The number of phenols is 1. The number of aliphatic hydroxyl groups is 5. The Balaban J connectivity index is 1.41. The molecule has 1 aliphatic carbocycles. The van der Waals surface area contributed by atoms with Gasteiger partial charge in [-0.1, -0.05) is 6.07 Å². The molecule has 1 aromatic carbocycles. The largest absolute Gasteiger partial charge is 0.504 e. The van der Waals surface area contributed by atoms with E-state index < -0.39 is 72.9 Å². The third kappa shape index (κ3) is 4.96. The van der Waals surface area contributed by atoms with Crippen LogP contribution in [-0.2, 0) is 23.8 Å². The summed E-state index contributed by atoms with van der Waals surface area (Å²) in [5, 5.41) is 63.9. The Morgan fingerprint density at radius 3 is 2.25 bits per heavy atom. The number of carbonyl (C=O) groups excluding carboxylic acids is 2. The van der Waals surface area contributed by atoms with E-state index in [0.717, 1.165) is 0 Å². The van der Waals surface area contributed by atoms with E-state index in [4.69, 9.17) is 18.9 Å². The van der Waals surface area contributed by atoms with Crippen LogP contribution in [0.15, 0.2) is 23.8 Å². The Morgan fingerprint density at radius 1 is 0.972 bits per heavy atom. The second-order valence-corrected chi connectivity index (χ2v) is 9.04. The van der Waals surface area contributed by atoms with Gasteiger partial charge in [-0.15, -0.1) is 0 Å². The smallest absolute Gasteiger partial charge is 0.247 e. The topological polar surface area (TPSA) is 204 Å². The third-order valence-corrected chi connectivity index (χ3v) is 6.49. The number of aromatic hydroxyl groups is 1. The quantitative estimate of drug-likeness (QED) is 0.199. The molecule has 0 aromatic heterocycles. The van der Waals surface area contributed by atoms with Gasteiger partial charge in [0.25, 0.3) is 0 Å². The molecule has 0 bridgehead atoms. The number of carbonyl (C=O) groups is 2. The number of hydrogen-bond donors (Lipinski definition) is 7. The minimum absolute atomic E-state index is 0.0921. The average Bonchev–Trinajstić information content (AvgIpc) is 3.43. The van der Waals surface area contributed by atoms with Gasteiger partial charge >= 0.3 is 0 Å². The molecular weight excluding hydrogens is 482 g/mol. The number of amides is 1. The van der Waals surface area contributed by atoms with Gasteiger partial charge in [0.2, 0.25) is 12.2 Å². The van der Waals surface area contributed by atoms with Gasteiger partial charge in [0, 0.05) is 5.57 Å². The van der Waals surface area contributed by atoms with Gasteiger partial charge in [-0.3, -0.25) is 9.59 Å². The van der Waals surface area contributed by atoms with Crippen molar-refractivity contribution in [2.45, 2.75) is 75.0 Å². The summed E-state index contributed by atoms with van der Waals surface area (Å²) in [7, 11) is 0. The molecule has 0 radical (unpaired) electrons. The van der Waals surface area contributed by atoms with Gasteiger partial charge in [-0.2, -0.15) is 0 Å². The maximum Gasteiger partial charge on any atom is 0.247 e. The average molecular weight is 511 g/mol. The third-order valence-electron chi connectivity index (χ3n) is 6.49. The summed E-state index contributed by atoms with van der Waals surface area (Å²) in [6, 6.07) is 2.90. The second-order valence-electron chi connectivity index (χ2n) is 9.04. The van der Waals surface area contributed by atoms with Crippen LogP contribution < -0.4 is 10.1 Å². The van der Waals surface area contributed by atoms with Crippen LogP contribution in [0, 0.1) is 0 Å². The molecule has 10 atom stereocenters. The predicted molar refractivity (Wildman–Crippen MR) is 118 cm³/mol. The molecule has 1 saturated carbocycles. The molecule has 36 heavy (non-hydrogen) atoms. The lowest BCUT2D eigenvalue weighted by atomic mass is 9.83. The summed E-state index contributed by atoms with van der Waals surface area (Å²) >= 11 is 0. The number of fused-ring (bicyclic) bond motifs is 1. The number of phenolic OH excluding ortho intramolecular Hbond substituents is 1. The van der Waals surface area contributed by atoms with E-state index in [1.54, 1.807) is 0 Å². The zero-order valence-corrected chi connectivity index (χ0v) is 19.4. The molecule has 4 rings (SSSR count). The van der Waals surface area contributed by atoms with E-state index in [2.05, 4.69) is 5.32 Å². The normalized spacial score (nSPS) is 38.5. The molecule has 2 heterocycles. The Labute approximate surface area is 205 Å². The van der Waals surface area contributed by atoms with Gasteiger partial charge in [0.15, 0.2) is 17.3 Å². The first-order valence-electron chi connectivity index (χ1n) is 11.3. The van der Waals surface area contributed by atoms with Gasteiger partial charge in [0.1, 0.15) is 55.6 Å². The first-order chi connectivity index (χ1) is 17.0. The Morgan fingerprint density at radius 2 is 1.64 bits per heavy atom. The van der Waals surface area contributed by atoms with Crippen LogP contribution in [0.5, 0.6) is 11.5 Å². The van der Waals surface area contributed by atoms with Crippen LogP contribution in [0.3, 0.4) is 0 Å². The monoisotopic (exact) mass is 511 g/mol. The molecule has 7 N–H and O–H groups in total. The summed E-state index contributed by atoms with van der Waals surface area (Å²) in [4.78, 5) is 24.2. The minimum atomic E-state index is -1.51. The van der Waals surface area contributed by atoms with Gasteiger partial charge in [0.05, 0.1) is 6.04 Å². The van der Waals surface area contributed by atoms with Crippen LogP contribution in [0.2, 0.25) is 0 Å². The van der Waals surface area contributed by atoms with E-state index in [9.17, 15) is 40.2 Å². The summed E-state index contributed by atoms with van der Waals surface area (Å²) in [5.41, 5.74) is 0.545. The van der Waals surface area contributed by atoms with Crippen LogP contribution in [0.1, 0.15) is 19.4 Å². The summed E-state index contributed by atoms with van der Waals surface area (Å²) < 4.78 is 21.1. The van der Waals surface area contributed by atoms with Crippen molar-refractivity contribution in [3.8, 4) is 11.5 Å². The van der Waals surface area contributed by atoms with Gasteiger partial charge in [-0.25, -0.2) is 0 Å². The lowest BCUT2D eigenvalue weighted by Crippen LogP contribution is -2.67. The highest BCUT2D eigenvalue weighted by molar-refractivity contribution is 5.97. The van der Waals surface area contributed by atoms with Crippen molar-refractivity contribution in [3.63, 3.8) is 0 Å². The molecule has 2 saturated heterocycles. The Hall–Kier alpha value is -2.62. The number of aliphatic hydroxyl groups excluding tert-OH is 5. The van der Waals surface area contributed by atoms with Crippen molar-refractivity contribution in [3.05, 3.63) is 29.3 Å². The maximum atomic E-state index is 12.7. The number of nitrogens with one attached hydrogen (secondary N) is 1. The molecule has 1 aromatic rings. The molecule has 198 valence electrons. The number of rotatable bonds is 6. The van der Waals surface area contributed by atoms with Crippen LogP contribution in [0.4, 0.5) is 0 Å². The molecule has 2 aliphatic heterocycles. The lowest BCUT2D eigenvalue weighted by Gasteiger charge is -2.41. The molecule has 3 aliphatic rings. The fourth-order valence-electron chi connectivity index (χ4n) is 4.46. The molecule has 13 heteroatoms. The van der Waals surface area contributed by atoms with E-state index in [-0.39, 0.29) is 23.9 Å². The molecule has 3 fully saturated rings. The number of benzene rings is 1. The van der Waals surface area contributed by atoms with Crippen molar-refractivity contribution in [1.82, 2.24) is 5.32 Å². The van der Waals surface area contributed by atoms with Crippen LogP contribution >= 0.6 is 0 Å². The van der Waals surface area contributed by atoms with Crippen LogP contribution in [-0.4, -0.2) is 110 Å². The first-order valence-corrected chi connectivity index (χ1v) is 11.3. The van der Waals surface area contributed by atoms with Gasteiger partial charge < -0.3 is 54.9 Å². The highest BCUT2D eigenvalue weighted by atomic mass is 16.7. The van der Waals surface area contributed by atoms with Crippen LogP contribution in [0.25, 0.3) is 6.08 Å². The van der Waals surface area contributed by atoms with E-state index in [1.807, 2.05) is 0 Å². The SMILES string of the molecule is CC(=O)[C@H]1O[C@@H](Oc2ccc(C=C(C)C(=O)NC3[C@@H](O)[C@@H]4OCO[C@@H]4[C@H](O)[C@H]3O)cc2O)[C@@H](O)[C@@H]1O. The number of ketones is 1. The standard InChI is InChI=1S/C23H29NO12/c1-8(22(32)24-13-14(27)16(29)21-20(15(13)28)33-7-34-21)5-10-3-4-12(11(26)6-10)35-23-18(31)17(30)19(36-23)9(2)25/h3-6,13-21,23,26-31H,7H2,1-2H3,(H,24,32)/t13?,14-,15+,16+,17-,18-,19+,20-,21+,23+/m0/s1. The van der Waals surface area contributed by atoms with Crippen molar-refractivity contribution in [2.24, 2.45) is 0 Å². The second kappa shape index (κ2) is 10.4. The van der Waals surface area contributed by atoms with Crippen molar-refractivity contribution < 1.29 is 59.2 Å². The number of Topliss-reactive ketones (excluding diaryl/α,β-unsaturated/α-hetero) is 1. The van der Waals surface area contributed by atoms with E-state index in [1.165, 1.54) is 38.1 Å². The molecule has 1 unspecified atom stereocenters. The summed E-state index contributed by atoms with van der Waals surface area (Å²) in [6.07, 6.45) is -10.2. The molecule has 13 nitrogen and oxygen atoms in total. The zero-order chi connectivity index (χ0) is 26.3. The van der Waals surface area contributed by atoms with Crippen molar-refractivity contribution in [1.29, 1.82) is 0 Å². The molecule has 0 spiro atoms. The predicted octanol–water partition coefficient (Wildman–Crippen LogP) is -2.47. The lowest BCUT2D eigenvalue weighted by molar-refractivity contribution is -0.155. The van der Waals surface area contributed by atoms with Gasteiger partial charge in [-0.05, 0) is 37.6 Å². The van der Waals surface area contributed by atoms with Crippen molar-refractivity contribution in [2.75, 3.05) is 6.79 Å². The van der Waals surface area contributed by atoms with E-state index in [0.29, 0.717) is 5.56 Å². The zero-order valence-electron chi connectivity index (χ0n) is 19.4. The maximum absolute atomic E-state index is 12.7. The van der Waals surface area contributed by atoms with Crippen molar-refractivity contribution >= 4 is 17.8 Å². The Bertz CT molecular complexity index is 1030. The first kappa shape index (κ1) is 26.4. The number of hydrogen-bond acceptors (Lipinski definition) is 12. The minimum Gasteiger partial charge on any atom is -0.504 e. The summed E-state index contributed by atoms with van der Waals surface area (Å²) in [5.74, 6) is -1.59. The fourth-order valence-corrected chi connectivity index (χ4v) is 4.46. The number of ether oxygens (including phenoxy) is 4. The molecular formula is C23H29NO12. The Kier molecular flexibility index (Phi) is 7.64. The van der Waals surface area contributed by atoms with E-state index >= 15 is 0 Å². The highest BCUT2D eigenvalue weighted by Gasteiger charge is 2.53.